The van der Waals surface area contributed by atoms with Gasteiger partial charge in [-0.1, -0.05) is 30.3 Å². The lowest BCUT2D eigenvalue weighted by atomic mass is 9.93. The Balaban J connectivity index is 1.81. The highest BCUT2D eigenvalue weighted by molar-refractivity contribution is 9.10. The van der Waals surface area contributed by atoms with Crippen LogP contribution in [0.2, 0.25) is 0 Å². The Bertz CT molecular complexity index is 1130. The number of nitrogens with zero attached hydrogens (tertiary/aromatic N) is 2. The minimum Gasteiger partial charge on any atom is -0.494 e. The number of rotatable bonds is 9. The van der Waals surface area contributed by atoms with Crippen molar-refractivity contribution < 1.29 is 19.1 Å². The lowest BCUT2D eigenvalue weighted by molar-refractivity contribution is 0.0516. The molecule has 0 aliphatic carbocycles. The molecule has 2 heterocycles. The number of hydrogen-bond donors (Lipinski definition) is 1. The van der Waals surface area contributed by atoms with Gasteiger partial charge < -0.3 is 14.8 Å². The van der Waals surface area contributed by atoms with E-state index in [0.29, 0.717) is 23.6 Å². The molecule has 0 radical (unpaired) electrons. The molecule has 0 bridgehead atoms. The first-order chi connectivity index (χ1) is 16.1. The van der Waals surface area contributed by atoms with E-state index in [0.717, 1.165) is 20.6 Å². The molecule has 0 saturated carbocycles. The van der Waals surface area contributed by atoms with Gasteiger partial charge in [-0.05, 0) is 60.7 Å². The predicted molar refractivity (Wildman–Crippen MR) is 138 cm³/mol. The smallest absolute Gasteiger partial charge is 0.407 e. The number of benzene rings is 1. The van der Waals surface area contributed by atoms with E-state index in [4.69, 9.17) is 9.47 Å². The van der Waals surface area contributed by atoms with Crippen LogP contribution < -0.4 is 10.1 Å². The first-order valence-corrected chi connectivity index (χ1v) is 12.6. The van der Waals surface area contributed by atoms with Crippen molar-refractivity contribution >= 4 is 39.1 Å². The number of nitrogens with one attached hydrogen (secondary N) is 1. The van der Waals surface area contributed by atoms with Crippen LogP contribution in [-0.4, -0.2) is 40.9 Å². The molecule has 3 rings (SSSR count). The molecule has 9 heteroatoms. The van der Waals surface area contributed by atoms with Crippen LogP contribution in [0.5, 0.6) is 5.75 Å². The van der Waals surface area contributed by atoms with Crippen LogP contribution in [0.3, 0.4) is 0 Å². The van der Waals surface area contributed by atoms with Gasteiger partial charge >= 0.3 is 6.09 Å². The zero-order valence-electron chi connectivity index (χ0n) is 20.1. The molecule has 0 aliphatic heterocycles. The average molecular weight is 549 g/mol. The summed E-state index contributed by atoms with van der Waals surface area (Å²) in [4.78, 5) is 27.1. The lowest BCUT2D eigenvalue weighted by Crippen LogP contribution is -2.36. The van der Waals surface area contributed by atoms with Crippen LogP contribution >= 0.6 is 27.3 Å². The second-order valence-corrected chi connectivity index (χ2v) is 10.8. The minimum absolute atomic E-state index is 0.0390. The topological polar surface area (TPSA) is 82.4 Å². The maximum atomic E-state index is 13.5. The maximum Gasteiger partial charge on any atom is 0.407 e. The number of carbonyl (C=O) groups excluding carboxylic acids is 2. The van der Waals surface area contributed by atoms with Gasteiger partial charge in [0, 0.05) is 26.2 Å². The molecule has 34 heavy (non-hydrogen) atoms. The summed E-state index contributed by atoms with van der Waals surface area (Å²) in [6.07, 6.45) is 2.12. The number of Topliss-reactive ketones (excluding diaryl/α,β-unsaturated/α-hetero) is 1. The molecular weight excluding hydrogens is 518 g/mol. The molecule has 2 aromatic heterocycles. The molecule has 3 aromatic rings. The van der Waals surface area contributed by atoms with Crippen molar-refractivity contribution in [1.29, 1.82) is 0 Å². The van der Waals surface area contributed by atoms with E-state index in [1.54, 1.807) is 18.0 Å². The molecule has 0 spiro atoms. The zero-order chi connectivity index (χ0) is 24.9. The van der Waals surface area contributed by atoms with Crippen LogP contribution in [-0.2, 0) is 18.2 Å². The Morgan fingerprint density at radius 1 is 1.21 bits per heavy atom. The predicted octanol–water partition coefficient (Wildman–Crippen LogP) is 5.88. The van der Waals surface area contributed by atoms with Crippen molar-refractivity contribution in [3.8, 4) is 16.3 Å². The monoisotopic (exact) mass is 547 g/mol. The van der Waals surface area contributed by atoms with Gasteiger partial charge in [-0.2, -0.15) is 5.10 Å². The Morgan fingerprint density at radius 3 is 2.50 bits per heavy atom. The summed E-state index contributed by atoms with van der Waals surface area (Å²) in [5.74, 6) is 0.362. The fraction of sp³-hybridized carbons (Fsp3) is 0.400. The van der Waals surface area contributed by atoms with E-state index in [2.05, 4.69) is 26.3 Å². The number of thiophene rings is 1. The fourth-order valence-corrected chi connectivity index (χ4v) is 5.69. The van der Waals surface area contributed by atoms with Gasteiger partial charge in [0.25, 0.3) is 0 Å². The molecule has 1 amide bonds. The molecule has 1 N–H and O–H groups in total. The van der Waals surface area contributed by atoms with Crippen LogP contribution in [0.15, 0.2) is 47.1 Å². The van der Waals surface area contributed by atoms with Gasteiger partial charge in [0.05, 0.1) is 22.2 Å². The Kier molecular flexibility index (Phi) is 8.54. The van der Waals surface area contributed by atoms with Crippen molar-refractivity contribution in [2.75, 3.05) is 13.7 Å². The van der Waals surface area contributed by atoms with Crippen molar-refractivity contribution in [2.24, 2.45) is 13.0 Å². The Labute approximate surface area is 212 Å². The third-order valence-electron chi connectivity index (χ3n) is 5.10. The molecule has 1 aromatic carbocycles. The van der Waals surface area contributed by atoms with Crippen LogP contribution in [0.1, 0.15) is 42.4 Å². The van der Waals surface area contributed by atoms with Crippen molar-refractivity contribution in [3.05, 3.63) is 57.5 Å². The standard InChI is InChI=1S/C25H30BrN3O4S/c1-25(2,3)33-24(31)27-15-17(13-16-9-7-6-8-10-16)14-19(30)23-21(32-5)20(26)22(34-23)18-11-12-28-29(18)4/h6-12,17H,13-15H2,1-5H3,(H,27,31). The number of alkyl carbamates (subject to hydrolysis) is 1. The number of aromatic nitrogens is 2. The van der Waals surface area contributed by atoms with Crippen LogP contribution in [0.4, 0.5) is 4.79 Å². The lowest BCUT2D eigenvalue weighted by Gasteiger charge is -2.22. The van der Waals surface area contributed by atoms with Gasteiger partial charge in [-0.15, -0.1) is 11.3 Å². The van der Waals surface area contributed by atoms with E-state index in [-0.39, 0.29) is 18.1 Å². The first-order valence-electron chi connectivity index (χ1n) is 11.0. The molecule has 182 valence electrons. The van der Waals surface area contributed by atoms with Crippen molar-refractivity contribution in [1.82, 2.24) is 15.1 Å². The number of ketones is 1. The molecule has 7 nitrogen and oxygen atoms in total. The number of ether oxygens (including phenoxy) is 2. The van der Waals surface area contributed by atoms with E-state index >= 15 is 0 Å². The van der Waals surface area contributed by atoms with Gasteiger partial charge in [-0.3, -0.25) is 9.48 Å². The van der Waals surface area contributed by atoms with Gasteiger partial charge in [0.1, 0.15) is 10.5 Å². The average Bonchev–Trinajstić information content (AvgIpc) is 3.33. The number of amides is 1. The SMILES string of the molecule is COc1c(C(=O)CC(CNC(=O)OC(C)(C)C)Cc2ccccc2)sc(-c2ccnn2C)c1Br. The molecule has 0 aliphatic rings. The van der Waals surface area contributed by atoms with E-state index < -0.39 is 11.7 Å². The number of hydrogen-bond acceptors (Lipinski definition) is 6. The van der Waals surface area contributed by atoms with Gasteiger partial charge in [-0.25, -0.2) is 4.79 Å². The quantitative estimate of drug-likeness (QED) is 0.338. The van der Waals surface area contributed by atoms with Gasteiger partial charge in [0.2, 0.25) is 0 Å². The Morgan fingerprint density at radius 2 is 1.91 bits per heavy atom. The zero-order valence-corrected chi connectivity index (χ0v) is 22.5. The fourth-order valence-electron chi connectivity index (χ4n) is 3.58. The van der Waals surface area contributed by atoms with Crippen LogP contribution in [0.25, 0.3) is 10.6 Å². The summed E-state index contributed by atoms with van der Waals surface area (Å²) in [6.45, 7) is 5.77. The molecule has 1 atom stereocenters. The number of halogens is 1. The van der Waals surface area contributed by atoms with E-state index in [1.165, 1.54) is 11.3 Å². The third kappa shape index (κ3) is 6.70. The van der Waals surface area contributed by atoms with Gasteiger partial charge in [0.15, 0.2) is 11.5 Å². The summed E-state index contributed by atoms with van der Waals surface area (Å²) in [5, 5.41) is 7.06. The third-order valence-corrected chi connectivity index (χ3v) is 7.35. The molecule has 0 saturated heterocycles. The molecule has 1 unspecified atom stereocenters. The van der Waals surface area contributed by atoms with E-state index in [9.17, 15) is 9.59 Å². The highest BCUT2D eigenvalue weighted by atomic mass is 79.9. The highest BCUT2D eigenvalue weighted by Gasteiger charge is 2.27. The first kappa shape index (κ1) is 26.0. The number of methoxy groups -OCH3 is 1. The summed E-state index contributed by atoms with van der Waals surface area (Å²) < 4.78 is 13.5. The summed E-state index contributed by atoms with van der Waals surface area (Å²) >= 11 is 4.98. The Hall–Kier alpha value is -2.65. The molecule has 0 fully saturated rings. The minimum atomic E-state index is -0.590. The van der Waals surface area contributed by atoms with E-state index in [1.807, 2.05) is 64.2 Å². The largest absolute Gasteiger partial charge is 0.494 e. The normalized spacial score (nSPS) is 12.3. The second kappa shape index (κ2) is 11.2. The highest BCUT2D eigenvalue weighted by Crippen LogP contribution is 2.46. The van der Waals surface area contributed by atoms with Crippen LogP contribution in [0, 0.1) is 5.92 Å². The summed E-state index contributed by atoms with van der Waals surface area (Å²) in [5.41, 5.74) is 1.40. The second-order valence-electron chi connectivity index (χ2n) is 9.01. The van der Waals surface area contributed by atoms with Crippen molar-refractivity contribution in [2.45, 2.75) is 39.2 Å². The number of carbonyl (C=O) groups is 2. The number of aryl methyl sites for hydroxylation is 1. The maximum absolute atomic E-state index is 13.5. The summed E-state index contributed by atoms with van der Waals surface area (Å²) in [7, 11) is 3.41. The molecular formula is C25H30BrN3O4S. The van der Waals surface area contributed by atoms with Crippen molar-refractivity contribution in [3.63, 3.8) is 0 Å². The summed E-state index contributed by atoms with van der Waals surface area (Å²) in [6, 6.07) is 11.8.